The summed E-state index contributed by atoms with van der Waals surface area (Å²) in [5.74, 6) is 3.58. The van der Waals surface area contributed by atoms with Gasteiger partial charge in [-0.15, -0.1) is 0 Å². The molecule has 0 radical (unpaired) electrons. The van der Waals surface area contributed by atoms with Gasteiger partial charge in [-0.25, -0.2) is 0 Å². The van der Waals surface area contributed by atoms with E-state index in [0.29, 0.717) is 0 Å². The third kappa shape index (κ3) is 2.83. The molecule has 1 aliphatic carbocycles. The minimum atomic E-state index is 0.854. The molecule has 0 spiro atoms. The van der Waals surface area contributed by atoms with Crippen molar-refractivity contribution in [2.75, 3.05) is 18.1 Å². The molecule has 1 nitrogen and oxygen atoms in total. The first kappa shape index (κ1) is 8.64. The zero-order chi connectivity index (χ0) is 8.23. The van der Waals surface area contributed by atoms with Crippen molar-refractivity contribution < 1.29 is 0 Å². The molecule has 0 aromatic rings. The van der Waals surface area contributed by atoms with Gasteiger partial charge in [-0.1, -0.05) is 12.2 Å². The van der Waals surface area contributed by atoms with E-state index in [1.165, 1.54) is 30.8 Å². The zero-order valence-corrected chi connectivity index (χ0v) is 8.28. The van der Waals surface area contributed by atoms with Crippen LogP contribution < -0.4 is 5.32 Å². The lowest BCUT2D eigenvalue weighted by Crippen LogP contribution is -2.15. The van der Waals surface area contributed by atoms with Crippen molar-refractivity contribution in [3.8, 4) is 0 Å². The maximum atomic E-state index is 3.49. The first-order valence-corrected chi connectivity index (χ1v) is 6.08. The van der Waals surface area contributed by atoms with E-state index in [1.807, 2.05) is 0 Å². The summed E-state index contributed by atoms with van der Waals surface area (Å²) in [6.07, 6.45) is 8.90. The van der Waals surface area contributed by atoms with Crippen LogP contribution in [0.3, 0.4) is 0 Å². The Kier molecular flexibility index (Phi) is 3.12. The molecule has 0 aromatic carbocycles. The van der Waals surface area contributed by atoms with Gasteiger partial charge in [-0.3, -0.25) is 0 Å². The molecule has 2 fully saturated rings. The first-order chi connectivity index (χ1) is 5.95. The van der Waals surface area contributed by atoms with Crippen LogP contribution in [0.1, 0.15) is 19.3 Å². The quantitative estimate of drug-likeness (QED) is 0.669. The molecular formula is C10H17NS. The predicted molar refractivity (Wildman–Crippen MR) is 55.6 cm³/mol. The van der Waals surface area contributed by atoms with Crippen molar-refractivity contribution in [1.82, 2.24) is 5.32 Å². The molecule has 2 rings (SSSR count). The lowest BCUT2D eigenvalue weighted by Gasteiger charge is -1.99. The van der Waals surface area contributed by atoms with Crippen molar-refractivity contribution >= 4 is 11.8 Å². The molecule has 2 heteroatoms. The lowest BCUT2D eigenvalue weighted by atomic mass is 10.1. The third-order valence-electron chi connectivity index (χ3n) is 2.47. The highest BCUT2D eigenvalue weighted by Gasteiger charge is 2.19. The minimum Gasteiger partial charge on any atom is -0.311 e. The van der Waals surface area contributed by atoms with Gasteiger partial charge in [0.15, 0.2) is 0 Å². The summed E-state index contributed by atoms with van der Waals surface area (Å²) in [6.45, 7) is 1.09. The average Bonchev–Trinajstić information content (AvgIpc) is 2.76. The highest BCUT2D eigenvalue weighted by Crippen LogP contribution is 2.24. The molecule has 0 amide bonds. The summed E-state index contributed by atoms with van der Waals surface area (Å²) in [4.78, 5) is 0. The Morgan fingerprint density at radius 1 is 1.33 bits per heavy atom. The van der Waals surface area contributed by atoms with E-state index >= 15 is 0 Å². The first-order valence-electron chi connectivity index (χ1n) is 4.93. The average molecular weight is 183 g/mol. The summed E-state index contributed by atoms with van der Waals surface area (Å²) < 4.78 is 0. The molecule has 12 heavy (non-hydrogen) atoms. The predicted octanol–water partition coefficient (Wildman–Crippen LogP) is 2.05. The maximum Gasteiger partial charge on any atom is 0.0137 e. The van der Waals surface area contributed by atoms with Gasteiger partial charge in [0.25, 0.3) is 0 Å². The minimum absolute atomic E-state index is 0.854. The molecule has 1 aliphatic heterocycles. The molecule has 1 atom stereocenters. The second-order valence-corrected chi connectivity index (χ2v) is 4.88. The Balaban J connectivity index is 1.56. The molecule has 2 aliphatic rings. The molecule has 1 heterocycles. The number of nitrogens with one attached hydrogen (secondary N) is 1. The third-order valence-corrected chi connectivity index (χ3v) is 3.66. The van der Waals surface area contributed by atoms with Crippen LogP contribution in [-0.2, 0) is 0 Å². The fourth-order valence-corrected chi connectivity index (χ4v) is 2.70. The van der Waals surface area contributed by atoms with Crippen LogP contribution in [0, 0.1) is 5.92 Å². The molecule has 1 saturated carbocycles. The smallest absolute Gasteiger partial charge is 0.0137 e. The number of allylic oxidation sites excluding steroid dienone is 1. The van der Waals surface area contributed by atoms with Crippen LogP contribution in [0.4, 0.5) is 0 Å². The Morgan fingerprint density at radius 3 is 2.92 bits per heavy atom. The number of hydrogen-bond donors (Lipinski definition) is 1. The van der Waals surface area contributed by atoms with E-state index in [2.05, 4.69) is 29.2 Å². The second-order valence-electron chi connectivity index (χ2n) is 3.73. The summed E-state index contributed by atoms with van der Waals surface area (Å²) in [6, 6.07) is 0.854. The van der Waals surface area contributed by atoms with Crippen molar-refractivity contribution in [1.29, 1.82) is 0 Å². The highest BCUT2D eigenvalue weighted by molar-refractivity contribution is 7.99. The van der Waals surface area contributed by atoms with Gasteiger partial charge in [0, 0.05) is 12.6 Å². The Morgan fingerprint density at radius 2 is 2.25 bits per heavy atom. The molecule has 0 bridgehead atoms. The van der Waals surface area contributed by atoms with Crippen LogP contribution in [0.5, 0.6) is 0 Å². The fourth-order valence-electron chi connectivity index (χ4n) is 1.49. The Labute approximate surface area is 79.0 Å². The summed E-state index contributed by atoms with van der Waals surface area (Å²) in [5, 5.41) is 3.49. The van der Waals surface area contributed by atoms with E-state index in [-0.39, 0.29) is 0 Å². The number of thioether (sulfide) groups is 1. The van der Waals surface area contributed by atoms with E-state index in [9.17, 15) is 0 Å². The van der Waals surface area contributed by atoms with Gasteiger partial charge in [-0.05, 0) is 36.7 Å². The second kappa shape index (κ2) is 4.33. The Bertz CT molecular complexity index is 157. The zero-order valence-electron chi connectivity index (χ0n) is 7.46. The monoisotopic (exact) mass is 183 g/mol. The van der Waals surface area contributed by atoms with Crippen LogP contribution in [-0.4, -0.2) is 24.1 Å². The van der Waals surface area contributed by atoms with Gasteiger partial charge >= 0.3 is 0 Å². The fraction of sp³-hybridized carbons (Fsp3) is 0.800. The van der Waals surface area contributed by atoms with Crippen LogP contribution >= 0.6 is 11.8 Å². The van der Waals surface area contributed by atoms with E-state index in [1.54, 1.807) is 0 Å². The topological polar surface area (TPSA) is 12.0 Å². The van der Waals surface area contributed by atoms with Gasteiger partial charge < -0.3 is 5.32 Å². The van der Waals surface area contributed by atoms with E-state index < -0.39 is 0 Å². The summed E-state index contributed by atoms with van der Waals surface area (Å²) in [5.41, 5.74) is 0. The normalized spacial score (nSPS) is 30.2. The van der Waals surface area contributed by atoms with Gasteiger partial charge in [0.2, 0.25) is 0 Å². The van der Waals surface area contributed by atoms with Crippen molar-refractivity contribution in [3.05, 3.63) is 12.2 Å². The number of rotatable bonds is 4. The molecule has 68 valence electrons. The van der Waals surface area contributed by atoms with E-state index in [4.69, 9.17) is 0 Å². The lowest BCUT2D eigenvalue weighted by molar-refractivity contribution is 0.723. The molecule has 0 aromatic heterocycles. The van der Waals surface area contributed by atoms with Gasteiger partial charge in [0.1, 0.15) is 0 Å². The van der Waals surface area contributed by atoms with Crippen molar-refractivity contribution in [2.45, 2.75) is 25.3 Å². The molecule has 1 saturated heterocycles. The van der Waals surface area contributed by atoms with Crippen LogP contribution in [0.15, 0.2) is 12.2 Å². The summed E-state index contributed by atoms with van der Waals surface area (Å²) in [7, 11) is 0. The molecular weight excluding hydrogens is 166 g/mol. The van der Waals surface area contributed by atoms with E-state index in [0.717, 1.165) is 18.5 Å². The maximum absolute atomic E-state index is 3.49. The SMILES string of the molecule is C(=C\C1CCSC1)/CNC1CC1. The van der Waals surface area contributed by atoms with Crippen LogP contribution in [0.2, 0.25) is 0 Å². The Hall–Kier alpha value is 0.0500. The van der Waals surface area contributed by atoms with Crippen LogP contribution in [0.25, 0.3) is 0 Å². The molecule has 1 unspecified atom stereocenters. The van der Waals surface area contributed by atoms with Crippen molar-refractivity contribution in [3.63, 3.8) is 0 Å². The standard InChI is InChI=1S/C10H17NS/c1(6-11-10-3-4-10)2-9-5-7-12-8-9/h1-2,9-11H,3-8H2/b2-1+. The van der Waals surface area contributed by atoms with Gasteiger partial charge in [0.05, 0.1) is 0 Å². The summed E-state index contributed by atoms with van der Waals surface area (Å²) >= 11 is 2.09. The largest absolute Gasteiger partial charge is 0.311 e. The molecule has 1 N–H and O–H groups in total. The van der Waals surface area contributed by atoms with Crippen molar-refractivity contribution in [2.24, 2.45) is 5.92 Å². The van der Waals surface area contributed by atoms with Gasteiger partial charge in [-0.2, -0.15) is 11.8 Å². The number of hydrogen-bond acceptors (Lipinski definition) is 2. The highest BCUT2D eigenvalue weighted by atomic mass is 32.2.